The summed E-state index contributed by atoms with van der Waals surface area (Å²) in [6, 6.07) is -0.112. The minimum atomic E-state index is -0.112. The van der Waals surface area contributed by atoms with Crippen LogP contribution in [-0.2, 0) is 11.3 Å². The lowest BCUT2D eigenvalue weighted by molar-refractivity contribution is -0.136. The number of amides is 1. The average molecular weight is 251 g/mol. The van der Waals surface area contributed by atoms with Gasteiger partial charge in [-0.15, -0.1) is 0 Å². The van der Waals surface area contributed by atoms with Gasteiger partial charge >= 0.3 is 0 Å². The van der Waals surface area contributed by atoms with Crippen LogP contribution >= 0.6 is 0 Å². The van der Waals surface area contributed by atoms with Crippen molar-refractivity contribution in [1.29, 1.82) is 0 Å². The van der Waals surface area contributed by atoms with E-state index >= 15 is 0 Å². The van der Waals surface area contributed by atoms with E-state index < -0.39 is 0 Å². The zero-order chi connectivity index (χ0) is 13.2. The number of likely N-dealkylation sites (N-methyl/N-ethyl adjacent to an activating group) is 1. The third-order valence-corrected chi connectivity index (χ3v) is 3.60. The van der Waals surface area contributed by atoms with Gasteiger partial charge in [-0.25, -0.2) is 4.98 Å². The molecule has 1 unspecified atom stereocenters. The van der Waals surface area contributed by atoms with E-state index in [4.69, 9.17) is 0 Å². The van der Waals surface area contributed by atoms with Crippen molar-refractivity contribution in [3.05, 3.63) is 12.2 Å². The molecule has 1 aliphatic heterocycles. The summed E-state index contributed by atoms with van der Waals surface area (Å²) in [6.07, 6.45) is 3.66. The molecular weight excluding hydrogens is 230 g/mol. The van der Waals surface area contributed by atoms with Gasteiger partial charge in [0.2, 0.25) is 5.91 Å². The van der Waals surface area contributed by atoms with E-state index in [0.29, 0.717) is 12.4 Å². The lowest BCUT2D eigenvalue weighted by atomic mass is 9.77. The molecule has 0 aliphatic carbocycles. The number of hydrogen-bond acceptors (Lipinski definition) is 4. The van der Waals surface area contributed by atoms with E-state index in [1.54, 1.807) is 11.9 Å². The molecule has 1 amide bonds. The topological polar surface area (TPSA) is 73.9 Å². The van der Waals surface area contributed by atoms with Gasteiger partial charge < -0.3 is 10.2 Å². The van der Waals surface area contributed by atoms with E-state index in [0.717, 1.165) is 19.4 Å². The van der Waals surface area contributed by atoms with Crippen molar-refractivity contribution in [3.63, 3.8) is 0 Å². The highest BCUT2D eigenvalue weighted by molar-refractivity contribution is 5.82. The minimum Gasteiger partial charge on any atom is -0.337 e. The van der Waals surface area contributed by atoms with Crippen molar-refractivity contribution in [3.8, 4) is 0 Å². The number of carbonyl (C=O) groups is 1. The lowest BCUT2D eigenvalue weighted by Crippen LogP contribution is -2.55. The van der Waals surface area contributed by atoms with Gasteiger partial charge in [-0.3, -0.25) is 9.89 Å². The second kappa shape index (κ2) is 5.06. The molecule has 2 heterocycles. The smallest absolute Gasteiger partial charge is 0.240 e. The van der Waals surface area contributed by atoms with Gasteiger partial charge in [0.05, 0.1) is 12.6 Å². The van der Waals surface area contributed by atoms with Gasteiger partial charge in [-0.05, 0) is 24.8 Å². The second-order valence-corrected chi connectivity index (χ2v) is 5.61. The molecule has 2 rings (SSSR count). The number of hydrogen-bond donors (Lipinski definition) is 2. The van der Waals surface area contributed by atoms with Crippen molar-refractivity contribution in [2.45, 2.75) is 39.3 Å². The summed E-state index contributed by atoms with van der Waals surface area (Å²) in [7, 11) is 1.80. The monoisotopic (exact) mass is 251 g/mol. The number of nitrogens with one attached hydrogen (secondary N) is 2. The minimum absolute atomic E-state index is 0.00497. The summed E-state index contributed by atoms with van der Waals surface area (Å²) < 4.78 is 0. The Hall–Kier alpha value is -1.43. The maximum absolute atomic E-state index is 12.4. The zero-order valence-electron chi connectivity index (χ0n) is 11.2. The molecule has 2 N–H and O–H groups in total. The number of nitrogens with zero attached hydrogens (tertiary/aromatic N) is 3. The molecule has 1 aliphatic rings. The molecule has 0 saturated carbocycles. The summed E-state index contributed by atoms with van der Waals surface area (Å²) in [6.45, 7) is 5.66. The van der Waals surface area contributed by atoms with Crippen molar-refractivity contribution in [2.75, 3.05) is 13.6 Å². The molecule has 0 bridgehead atoms. The Labute approximate surface area is 107 Å². The Morgan fingerprint density at radius 1 is 1.61 bits per heavy atom. The van der Waals surface area contributed by atoms with Gasteiger partial charge in [-0.2, -0.15) is 5.10 Å². The van der Waals surface area contributed by atoms with Crippen molar-refractivity contribution >= 4 is 5.91 Å². The van der Waals surface area contributed by atoms with Gasteiger partial charge in [0.15, 0.2) is 0 Å². The second-order valence-electron chi connectivity index (χ2n) is 5.61. The van der Waals surface area contributed by atoms with E-state index in [1.807, 2.05) is 0 Å². The predicted molar refractivity (Wildman–Crippen MR) is 67.7 cm³/mol. The first-order valence-corrected chi connectivity index (χ1v) is 6.33. The largest absolute Gasteiger partial charge is 0.337 e. The van der Waals surface area contributed by atoms with E-state index in [1.165, 1.54) is 6.33 Å². The fraction of sp³-hybridized carbons (Fsp3) is 0.750. The molecule has 1 saturated heterocycles. The zero-order valence-corrected chi connectivity index (χ0v) is 11.2. The van der Waals surface area contributed by atoms with Gasteiger partial charge in [0, 0.05) is 7.05 Å². The standard InChI is InChI=1S/C12H21N5O/c1-12(2)5-4-6-13-10(12)11(18)17(3)7-9-14-8-15-16-9/h8,10,13H,4-7H2,1-3H3,(H,14,15,16). The molecule has 1 fully saturated rings. The first-order chi connectivity index (χ1) is 8.50. The molecule has 0 radical (unpaired) electrons. The number of carbonyl (C=O) groups excluding carboxylic acids is 1. The van der Waals surface area contributed by atoms with Crippen LogP contribution in [0, 0.1) is 5.41 Å². The highest BCUT2D eigenvalue weighted by Gasteiger charge is 2.38. The van der Waals surface area contributed by atoms with E-state index in [9.17, 15) is 4.79 Å². The van der Waals surface area contributed by atoms with Gasteiger partial charge in [0.1, 0.15) is 12.2 Å². The van der Waals surface area contributed by atoms with Crippen LogP contribution in [0.5, 0.6) is 0 Å². The normalized spacial score (nSPS) is 22.7. The summed E-state index contributed by atoms with van der Waals surface area (Å²) in [5.74, 6) is 0.829. The van der Waals surface area contributed by atoms with Crippen LogP contribution in [0.1, 0.15) is 32.5 Å². The van der Waals surface area contributed by atoms with Crippen LogP contribution in [0.4, 0.5) is 0 Å². The fourth-order valence-electron chi connectivity index (χ4n) is 2.46. The number of aromatic nitrogens is 3. The Balaban J connectivity index is 2.01. The first-order valence-electron chi connectivity index (χ1n) is 6.33. The third-order valence-electron chi connectivity index (χ3n) is 3.60. The van der Waals surface area contributed by atoms with Crippen LogP contribution in [0.3, 0.4) is 0 Å². The number of H-pyrrole nitrogens is 1. The Morgan fingerprint density at radius 2 is 2.39 bits per heavy atom. The molecule has 1 aromatic heterocycles. The molecule has 0 spiro atoms. The molecule has 18 heavy (non-hydrogen) atoms. The SMILES string of the molecule is CN(Cc1ncn[nH]1)C(=O)C1NCCCC1(C)C. The Kier molecular flexibility index (Phi) is 3.65. The number of piperidine rings is 1. The van der Waals surface area contributed by atoms with Crippen LogP contribution in [-0.4, -0.2) is 45.6 Å². The quantitative estimate of drug-likeness (QED) is 0.822. The Morgan fingerprint density at radius 3 is 3.00 bits per heavy atom. The van der Waals surface area contributed by atoms with Crippen LogP contribution in [0.25, 0.3) is 0 Å². The number of rotatable bonds is 3. The molecule has 6 heteroatoms. The number of aromatic amines is 1. The van der Waals surface area contributed by atoms with Crippen LogP contribution < -0.4 is 5.32 Å². The summed E-state index contributed by atoms with van der Waals surface area (Å²) in [5, 5.41) is 9.89. The highest BCUT2D eigenvalue weighted by atomic mass is 16.2. The maximum atomic E-state index is 12.4. The molecule has 0 aromatic carbocycles. The summed E-state index contributed by atoms with van der Waals surface area (Å²) in [4.78, 5) is 18.2. The Bertz CT molecular complexity index is 401. The van der Waals surface area contributed by atoms with Crippen LogP contribution in [0.2, 0.25) is 0 Å². The molecule has 6 nitrogen and oxygen atoms in total. The van der Waals surface area contributed by atoms with Crippen molar-refractivity contribution in [1.82, 2.24) is 25.4 Å². The van der Waals surface area contributed by atoms with Crippen LogP contribution in [0.15, 0.2) is 6.33 Å². The highest BCUT2D eigenvalue weighted by Crippen LogP contribution is 2.31. The summed E-state index contributed by atoms with van der Waals surface area (Å²) in [5.41, 5.74) is 0.00497. The van der Waals surface area contributed by atoms with Gasteiger partial charge in [-0.1, -0.05) is 13.8 Å². The lowest BCUT2D eigenvalue weighted by Gasteiger charge is -2.39. The maximum Gasteiger partial charge on any atom is 0.240 e. The fourth-order valence-corrected chi connectivity index (χ4v) is 2.46. The van der Waals surface area contributed by atoms with Crippen molar-refractivity contribution < 1.29 is 4.79 Å². The molecule has 100 valence electrons. The third kappa shape index (κ3) is 2.69. The summed E-state index contributed by atoms with van der Waals surface area (Å²) >= 11 is 0. The molecular formula is C12H21N5O. The van der Waals surface area contributed by atoms with Crippen molar-refractivity contribution in [2.24, 2.45) is 5.41 Å². The molecule has 1 aromatic rings. The van der Waals surface area contributed by atoms with Gasteiger partial charge in [0.25, 0.3) is 0 Å². The van der Waals surface area contributed by atoms with E-state index in [2.05, 4.69) is 34.3 Å². The average Bonchev–Trinajstić information content (AvgIpc) is 2.80. The molecule has 1 atom stereocenters. The predicted octanol–water partition coefficient (Wildman–Crippen LogP) is 0.541. The van der Waals surface area contributed by atoms with E-state index in [-0.39, 0.29) is 17.4 Å². The first kappa shape index (κ1) is 13.0.